The van der Waals surface area contributed by atoms with E-state index in [0.29, 0.717) is 22.6 Å². The molecule has 122 valence electrons. The summed E-state index contributed by atoms with van der Waals surface area (Å²) in [4.78, 5) is 17.0. The number of anilines is 2. The minimum Gasteiger partial charge on any atom is -0.382 e. The lowest BCUT2D eigenvalue weighted by atomic mass is 9.94. The van der Waals surface area contributed by atoms with Gasteiger partial charge >= 0.3 is 7.82 Å². The van der Waals surface area contributed by atoms with E-state index in [2.05, 4.69) is 19.9 Å². The number of nitrogens with zero attached hydrogens (tertiary/aromatic N) is 4. The summed E-state index contributed by atoms with van der Waals surface area (Å²) in [6, 6.07) is 0. The summed E-state index contributed by atoms with van der Waals surface area (Å²) in [7, 11) is -3.47. The molecule has 5 heterocycles. The van der Waals surface area contributed by atoms with Gasteiger partial charge in [0, 0.05) is 0 Å². The van der Waals surface area contributed by atoms with Crippen LogP contribution in [0.3, 0.4) is 0 Å². The molecule has 0 amide bonds. The fourth-order valence-electron chi connectivity index (χ4n) is 2.68. The highest BCUT2D eigenvalue weighted by molar-refractivity contribution is 7.50. The molecule has 3 saturated heterocycles. The summed E-state index contributed by atoms with van der Waals surface area (Å²) in [5.41, 5.74) is 12.0. The third-order valence-corrected chi connectivity index (χ3v) is 5.32. The Morgan fingerprint density at radius 2 is 1.87 bits per heavy atom. The van der Waals surface area contributed by atoms with Crippen molar-refractivity contribution >= 4 is 30.8 Å². The van der Waals surface area contributed by atoms with Gasteiger partial charge in [0.05, 0.1) is 5.69 Å². The molecule has 3 aliphatic rings. The number of nitrogens with two attached hydrogens (primary N) is 2. The van der Waals surface area contributed by atoms with E-state index in [-0.39, 0.29) is 17.7 Å². The predicted octanol–water partition coefficient (Wildman–Crippen LogP) is 1.43. The van der Waals surface area contributed by atoms with Crippen LogP contribution >= 0.6 is 7.82 Å². The largest absolute Gasteiger partial charge is 0.480 e. The van der Waals surface area contributed by atoms with Crippen LogP contribution in [0.25, 0.3) is 11.2 Å². The molecule has 0 aliphatic carbocycles. The van der Waals surface area contributed by atoms with Gasteiger partial charge in [-0.15, -0.1) is 0 Å². The highest BCUT2D eigenvalue weighted by atomic mass is 31.2. The lowest BCUT2D eigenvalue weighted by Crippen LogP contribution is -2.37. The van der Waals surface area contributed by atoms with Gasteiger partial charge in [-0.3, -0.25) is 13.6 Å². The van der Waals surface area contributed by atoms with Crippen LogP contribution in [0.1, 0.15) is 38.1 Å². The summed E-state index contributed by atoms with van der Waals surface area (Å²) < 4.78 is 27.8. The summed E-state index contributed by atoms with van der Waals surface area (Å²) in [5.74, 6) is 0.130. The number of fused-ring (bicyclic) bond motifs is 2. The Bertz CT molecular complexity index is 879. The molecule has 0 aromatic carbocycles. The lowest BCUT2D eigenvalue weighted by Gasteiger charge is -2.27. The first-order valence-corrected chi connectivity index (χ1v) is 8.46. The Hall–Kier alpha value is -1.87. The number of aromatic nitrogens is 4. The SMILES string of the molecule is CC(C)c1nc2nc(N)nc(N)c2nc1C1(C)OP2(=O)OC1O2. The van der Waals surface area contributed by atoms with Crippen LogP contribution in [-0.4, -0.2) is 26.2 Å². The number of hydrogen-bond donors (Lipinski definition) is 2. The van der Waals surface area contributed by atoms with Gasteiger partial charge in [0.25, 0.3) is 0 Å². The minimum absolute atomic E-state index is 0.00141. The summed E-state index contributed by atoms with van der Waals surface area (Å²) in [5, 5.41) is 0. The Morgan fingerprint density at radius 1 is 1.17 bits per heavy atom. The minimum atomic E-state index is -3.47. The van der Waals surface area contributed by atoms with Crippen LogP contribution in [0, 0.1) is 0 Å². The average Bonchev–Trinajstić information content (AvgIpc) is 2.83. The van der Waals surface area contributed by atoms with Crippen molar-refractivity contribution in [1.29, 1.82) is 0 Å². The van der Waals surface area contributed by atoms with Gasteiger partial charge < -0.3 is 11.5 Å². The van der Waals surface area contributed by atoms with Gasteiger partial charge in [-0.2, -0.15) is 9.97 Å². The summed E-state index contributed by atoms with van der Waals surface area (Å²) >= 11 is 0. The van der Waals surface area contributed by atoms with E-state index in [1.165, 1.54) is 0 Å². The van der Waals surface area contributed by atoms with E-state index in [1.807, 2.05) is 13.8 Å². The van der Waals surface area contributed by atoms with Gasteiger partial charge in [0.15, 0.2) is 22.6 Å². The third-order valence-electron chi connectivity index (χ3n) is 3.82. The normalized spacial score (nSPS) is 32.4. The molecule has 1 unspecified atom stereocenters. The molecule has 3 fully saturated rings. The van der Waals surface area contributed by atoms with Crippen molar-refractivity contribution in [1.82, 2.24) is 19.9 Å². The molecule has 2 aromatic rings. The van der Waals surface area contributed by atoms with Crippen molar-refractivity contribution in [3.8, 4) is 0 Å². The Kier molecular flexibility index (Phi) is 2.78. The highest BCUT2D eigenvalue weighted by Gasteiger charge is 2.68. The summed E-state index contributed by atoms with van der Waals surface area (Å²) in [6.07, 6.45) is -0.798. The van der Waals surface area contributed by atoms with Crippen LogP contribution in [0.2, 0.25) is 0 Å². The molecule has 5 rings (SSSR count). The van der Waals surface area contributed by atoms with Crippen molar-refractivity contribution in [3.05, 3.63) is 11.4 Å². The molecule has 3 aliphatic heterocycles. The van der Waals surface area contributed by atoms with E-state index in [0.717, 1.165) is 0 Å². The van der Waals surface area contributed by atoms with Crippen LogP contribution in [0.5, 0.6) is 0 Å². The molecule has 10 nitrogen and oxygen atoms in total. The van der Waals surface area contributed by atoms with Crippen molar-refractivity contribution in [2.75, 3.05) is 11.5 Å². The van der Waals surface area contributed by atoms with E-state index in [9.17, 15) is 4.57 Å². The Labute approximate surface area is 131 Å². The number of rotatable bonds is 2. The highest BCUT2D eigenvalue weighted by Crippen LogP contribution is 2.74. The number of hydrogen-bond acceptors (Lipinski definition) is 10. The van der Waals surface area contributed by atoms with E-state index in [4.69, 9.17) is 25.0 Å². The average molecular weight is 338 g/mol. The molecule has 2 aromatic heterocycles. The fourth-order valence-corrected chi connectivity index (χ4v) is 4.29. The Morgan fingerprint density at radius 3 is 2.43 bits per heavy atom. The van der Waals surface area contributed by atoms with Crippen LogP contribution < -0.4 is 11.5 Å². The number of phosphoric ester groups is 1. The van der Waals surface area contributed by atoms with Gasteiger partial charge in [-0.25, -0.2) is 14.5 Å². The van der Waals surface area contributed by atoms with Crippen molar-refractivity contribution in [2.24, 2.45) is 0 Å². The molecule has 2 bridgehead atoms. The third kappa shape index (κ3) is 1.96. The van der Waals surface area contributed by atoms with Gasteiger partial charge in [-0.1, -0.05) is 13.8 Å². The molecule has 0 spiro atoms. The quantitative estimate of drug-likeness (QED) is 0.770. The number of phosphoric acid groups is 1. The first-order chi connectivity index (χ1) is 10.7. The van der Waals surface area contributed by atoms with E-state index >= 15 is 0 Å². The Balaban J connectivity index is 1.98. The molecule has 1 atom stereocenters. The molecular weight excluding hydrogens is 323 g/mol. The molecular formula is C12H15N6O4P. The zero-order valence-corrected chi connectivity index (χ0v) is 13.6. The molecule has 4 N–H and O–H groups in total. The van der Waals surface area contributed by atoms with E-state index < -0.39 is 19.7 Å². The van der Waals surface area contributed by atoms with Crippen LogP contribution in [0.4, 0.5) is 11.8 Å². The zero-order chi connectivity index (χ0) is 16.6. The van der Waals surface area contributed by atoms with E-state index in [1.54, 1.807) is 6.92 Å². The number of nitrogen functional groups attached to an aromatic ring is 2. The molecule has 0 saturated carbocycles. The van der Waals surface area contributed by atoms with Crippen LogP contribution in [0.15, 0.2) is 0 Å². The maximum absolute atomic E-state index is 11.9. The maximum atomic E-state index is 11.9. The predicted molar refractivity (Wildman–Crippen MR) is 80.0 cm³/mol. The second kappa shape index (κ2) is 4.35. The second-order valence-electron chi connectivity index (χ2n) is 5.94. The topological polar surface area (TPSA) is 148 Å². The smallest absolute Gasteiger partial charge is 0.382 e. The summed E-state index contributed by atoms with van der Waals surface area (Å²) in [6.45, 7) is 5.58. The van der Waals surface area contributed by atoms with Crippen molar-refractivity contribution in [3.63, 3.8) is 0 Å². The second-order valence-corrected chi connectivity index (χ2v) is 7.44. The first-order valence-electron chi connectivity index (χ1n) is 7.00. The molecule has 23 heavy (non-hydrogen) atoms. The zero-order valence-electron chi connectivity index (χ0n) is 12.7. The van der Waals surface area contributed by atoms with Crippen molar-refractivity contribution < 1.29 is 18.1 Å². The van der Waals surface area contributed by atoms with Gasteiger partial charge in [-0.05, 0) is 12.8 Å². The lowest BCUT2D eigenvalue weighted by molar-refractivity contribution is -0.104. The van der Waals surface area contributed by atoms with Crippen molar-refractivity contribution in [2.45, 2.75) is 38.6 Å². The standard InChI is InChI=1S/C12H15N6O4P/c1-4(2)5-7(12(3)10-20-23(19,21-10)22-12)15-6-8(13)17-11(14)18-9(6)16-5/h4,10H,1-3H3,(H4,13,14,16,17,18). The fraction of sp³-hybridized carbons (Fsp3) is 0.500. The van der Waals surface area contributed by atoms with Crippen LogP contribution in [-0.2, 0) is 23.7 Å². The first kappa shape index (κ1) is 14.7. The van der Waals surface area contributed by atoms with Gasteiger partial charge in [0.1, 0.15) is 5.69 Å². The monoisotopic (exact) mass is 338 g/mol. The maximum Gasteiger partial charge on any atom is 0.480 e. The van der Waals surface area contributed by atoms with Gasteiger partial charge in [0.2, 0.25) is 12.2 Å². The molecule has 0 radical (unpaired) electrons. The molecule has 11 heteroatoms.